The molecule has 44 heteroatoms. The van der Waals surface area contributed by atoms with Crippen LogP contribution in [0.25, 0.3) is 0 Å². The number of Topliss-reactive ketones (excluding diaryl/α,β-unsaturated/α-hetero) is 2. The molecule has 638 valence electrons. The van der Waals surface area contributed by atoms with Crippen LogP contribution in [0, 0.1) is 0 Å². The van der Waals surface area contributed by atoms with E-state index in [0.717, 1.165) is 29.6 Å². The fourth-order valence-electron chi connectivity index (χ4n) is 11.2. The van der Waals surface area contributed by atoms with E-state index in [4.69, 9.17) is 67.3 Å². The number of aliphatic hydroxyl groups is 1. The molecule has 0 radical (unpaired) electrons. The van der Waals surface area contributed by atoms with Gasteiger partial charge in [-0.05, 0) is 51.9 Å². The number of ether oxygens (including phenoxy) is 13. The Bertz CT molecular complexity index is 3010. The van der Waals surface area contributed by atoms with Gasteiger partial charge in [0.05, 0.1) is 171 Å². The number of urea groups is 1. The Kier molecular flexibility index (Phi) is 51.0. The maximum atomic E-state index is 13.6. The summed E-state index contributed by atoms with van der Waals surface area (Å²) in [4.78, 5) is 129. The molecule has 8 atom stereocenters. The Morgan fingerprint density at radius 3 is 1.68 bits per heavy atom. The second-order valence-corrected chi connectivity index (χ2v) is 32.6. The smallest absolute Gasteiger partial charge is 0.386 e. The van der Waals surface area contributed by atoms with E-state index >= 15 is 0 Å². The van der Waals surface area contributed by atoms with Crippen molar-refractivity contribution in [2.75, 3.05) is 201 Å². The van der Waals surface area contributed by atoms with Crippen LogP contribution in [-0.4, -0.2) is 312 Å². The first kappa shape index (κ1) is 97.6. The van der Waals surface area contributed by atoms with Crippen molar-refractivity contribution in [3.8, 4) is 0 Å². The van der Waals surface area contributed by atoms with Crippen LogP contribution in [0.1, 0.15) is 121 Å². The summed E-state index contributed by atoms with van der Waals surface area (Å²) in [6, 6.07) is -0.544. The number of hydrogen-bond acceptors (Lipinski definition) is 32. The molecule has 4 aliphatic rings. The van der Waals surface area contributed by atoms with Gasteiger partial charge in [-0.2, -0.15) is 27.0 Å². The van der Waals surface area contributed by atoms with Crippen molar-refractivity contribution in [2.24, 2.45) is 10.2 Å². The highest BCUT2D eigenvalue weighted by atomic mass is 33.1. The fraction of sp³-hybridized carbons (Fsp3) is 0.851. The minimum Gasteiger partial charge on any atom is -0.386 e. The normalized spacial score (nSPS) is 19.4. The van der Waals surface area contributed by atoms with Crippen molar-refractivity contribution < 1.29 is 133 Å². The third kappa shape index (κ3) is 46.5. The lowest BCUT2D eigenvalue weighted by Crippen LogP contribution is -2.47. The SMILES string of the molecule is CC1(CCC(=O)NCCSSCCC(=O)N[C@@H](CCCCCC(=O)CCOCCOCCOCCOCCOCCOCCOCCOCCOCCOCCOCCOCCCC(=O)CCCC[C@@H]2SC[C@@H]3NC(=O)N[C@@H]32)C(=O)NCCCc2cn([C@@H]3O[C@H](COP(=O)(O)O)[C@H](OP(=O)(O)O)C3O)c(=O)nc2N)N=N1. The third-order valence-corrected chi connectivity index (χ3v) is 22.0. The lowest BCUT2D eigenvalue weighted by atomic mass is 10.0. The number of aromatic nitrogens is 2. The molecule has 12 N–H and O–H groups in total. The molecule has 0 aromatic carbocycles. The molecule has 0 aliphatic carbocycles. The van der Waals surface area contributed by atoms with Gasteiger partial charge >= 0.3 is 27.4 Å². The van der Waals surface area contributed by atoms with Gasteiger partial charge in [0.15, 0.2) is 11.9 Å². The van der Waals surface area contributed by atoms with E-state index in [-0.39, 0.29) is 98.1 Å². The summed E-state index contributed by atoms with van der Waals surface area (Å²) in [5, 5.41) is 33.7. The van der Waals surface area contributed by atoms with Crippen LogP contribution < -0.4 is 38.0 Å². The van der Waals surface area contributed by atoms with E-state index in [1.807, 2.05) is 18.7 Å². The van der Waals surface area contributed by atoms with Crippen molar-refractivity contribution in [2.45, 2.75) is 170 Å². The number of rotatable bonds is 73. The number of carbonyl (C=O) groups is 6. The number of nitrogens with two attached hydrogens (primary N) is 1. The number of thioether (sulfide) groups is 1. The van der Waals surface area contributed by atoms with Gasteiger partial charge < -0.3 is 119 Å². The minimum atomic E-state index is -5.32. The van der Waals surface area contributed by atoms with Gasteiger partial charge in [-0.25, -0.2) is 18.7 Å². The number of aryl methyl sites for hydroxylation is 1. The average molecular weight is 1690 g/mol. The highest BCUT2D eigenvalue weighted by Gasteiger charge is 2.50. The number of nitrogens with zero attached hydrogens (tertiary/aromatic N) is 4. The topological polar surface area (TPSA) is 522 Å². The number of nitrogen functional groups attached to an aromatic ring is 1. The Morgan fingerprint density at radius 1 is 0.622 bits per heavy atom. The zero-order valence-electron chi connectivity index (χ0n) is 63.4. The predicted molar refractivity (Wildman–Crippen MR) is 407 cm³/mol. The number of nitrogens with one attached hydrogen (secondary N) is 5. The lowest BCUT2D eigenvalue weighted by molar-refractivity contribution is -0.129. The van der Waals surface area contributed by atoms with Crippen molar-refractivity contribution in [1.82, 2.24) is 36.1 Å². The molecule has 0 spiro atoms. The standard InChI is InChI=1S/C67H118N10O29P2S3/c1-67(75-76-67)18-15-57(80)69-20-46-111-110-45-17-58(81)71-53(63(83)70-19-7-9-50-47-77(66(85)74-62(50)68)64-60(82)61(106-108(89,90)91)55(105-64)48-104-107(86,87)88)13-4-2-3-10-52(79)16-22-93-24-26-95-28-30-97-32-34-99-36-38-101-40-42-103-44-43-102-41-39-100-37-35-98-33-31-96-29-27-94-25-23-92-21-8-12-51(78)11-5-6-14-56-59-54(49-109-56)72-65(84)73-59/h47,53-56,59-61,64,82H,2-46,48-49H2,1H3,(H,69,80)(H,70,83)(H,71,81)(H2,68,74,85)(H2,72,73,84)(H2,86,87,88)(H2,89,90,91)/t53-,54-,55+,56-,59-,60?,61-,64+/m0/s1. The molecular weight excluding hydrogens is 1570 g/mol. The van der Waals surface area contributed by atoms with E-state index in [1.54, 1.807) is 0 Å². The predicted octanol–water partition coefficient (Wildman–Crippen LogP) is 2.24. The van der Waals surface area contributed by atoms with Crippen molar-refractivity contribution >= 4 is 90.1 Å². The summed E-state index contributed by atoms with van der Waals surface area (Å²) < 4.78 is 105. The zero-order chi connectivity index (χ0) is 80.2. The van der Waals surface area contributed by atoms with Gasteiger partial charge in [-0.1, -0.05) is 40.9 Å². The second kappa shape index (κ2) is 58.0. The molecule has 5 heterocycles. The number of phosphoric acid groups is 2. The molecule has 1 unspecified atom stereocenters. The number of carbonyl (C=O) groups excluding carboxylic acids is 6. The van der Waals surface area contributed by atoms with Crippen molar-refractivity contribution in [1.29, 1.82) is 0 Å². The highest BCUT2D eigenvalue weighted by Crippen LogP contribution is 2.45. The number of anilines is 1. The first-order valence-corrected chi connectivity index (χ1v) is 44.4. The fourth-order valence-corrected chi connectivity index (χ4v) is 15.5. The van der Waals surface area contributed by atoms with E-state index in [1.165, 1.54) is 27.8 Å². The quantitative estimate of drug-likeness (QED) is 0.0193. The largest absolute Gasteiger partial charge is 0.470 e. The number of phosphoric ester groups is 2. The number of unbranched alkanes of at least 4 members (excludes halogenated alkanes) is 3. The summed E-state index contributed by atoms with van der Waals surface area (Å²) in [6.45, 7) is 11.4. The molecule has 4 aliphatic heterocycles. The Labute approximate surface area is 659 Å². The van der Waals surface area contributed by atoms with Crippen LogP contribution in [0.5, 0.6) is 0 Å². The van der Waals surface area contributed by atoms with Crippen LogP contribution >= 0.6 is 49.0 Å². The lowest BCUT2D eigenvalue weighted by Gasteiger charge is -2.21. The molecule has 1 aromatic rings. The van der Waals surface area contributed by atoms with Gasteiger partial charge in [0, 0.05) is 98.9 Å². The van der Waals surface area contributed by atoms with Gasteiger partial charge in [0.1, 0.15) is 41.7 Å². The molecule has 5 amide bonds. The number of aliphatic hydroxyl groups excluding tert-OH is 1. The second-order valence-electron chi connectivity index (χ2n) is 26.2. The van der Waals surface area contributed by atoms with E-state index in [2.05, 4.69) is 50.8 Å². The average Bonchev–Trinajstić information content (AvgIpc) is 1.66. The molecule has 3 saturated heterocycles. The molecular formula is C67H118N10O29P2S3. The van der Waals surface area contributed by atoms with Crippen molar-refractivity contribution in [3.05, 3.63) is 22.2 Å². The summed E-state index contributed by atoms with van der Waals surface area (Å²) in [6.07, 6.45) is 2.30. The van der Waals surface area contributed by atoms with E-state index in [0.29, 0.717) is 233 Å². The number of ketones is 2. The molecule has 3 fully saturated rings. The Hall–Kier alpha value is -3.99. The first-order chi connectivity index (χ1) is 53.5. The summed E-state index contributed by atoms with van der Waals surface area (Å²) >= 11 is 1.90. The summed E-state index contributed by atoms with van der Waals surface area (Å²) in [5.74, 6) is 1.14. The third-order valence-electron chi connectivity index (χ3n) is 17.1. The maximum Gasteiger partial charge on any atom is 0.470 e. The molecule has 39 nitrogen and oxygen atoms in total. The van der Waals surface area contributed by atoms with Gasteiger partial charge in [0.2, 0.25) is 17.7 Å². The monoisotopic (exact) mass is 1680 g/mol. The number of fused-ring (bicyclic) bond motifs is 1. The van der Waals surface area contributed by atoms with Gasteiger partial charge in [0.25, 0.3) is 0 Å². The van der Waals surface area contributed by atoms with Crippen molar-refractivity contribution in [3.63, 3.8) is 0 Å². The molecule has 1 aromatic heterocycles. The molecule has 0 saturated carbocycles. The Morgan fingerprint density at radius 2 is 1.14 bits per heavy atom. The number of hydrogen-bond donors (Lipinski definition) is 11. The van der Waals surface area contributed by atoms with E-state index in [9.17, 15) is 67.4 Å². The summed E-state index contributed by atoms with van der Waals surface area (Å²) in [5.41, 5.74) is 4.79. The van der Waals surface area contributed by atoms with Crippen LogP contribution in [0.15, 0.2) is 21.2 Å². The van der Waals surface area contributed by atoms with Gasteiger partial charge in [-0.15, -0.1) is 0 Å². The summed E-state index contributed by atoms with van der Waals surface area (Å²) in [7, 11) is -7.50. The number of amides is 5. The highest BCUT2D eigenvalue weighted by molar-refractivity contribution is 8.76. The minimum absolute atomic E-state index is 0.0150. The zero-order valence-corrected chi connectivity index (χ0v) is 67.7. The van der Waals surface area contributed by atoms with E-state index < -0.39 is 70.1 Å². The maximum absolute atomic E-state index is 13.6. The van der Waals surface area contributed by atoms with Crippen LogP contribution in [-0.2, 0) is 110 Å². The van der Waals surface area contributed by atoms with Crippen LogP contribution in [0.4, 0.5) is 10.6 Å². The van der Waals surface area contributed by atoms with Crippen LogP contribution in [0.3, 0.4) is 0 Å². The molecule has 111 heavy (non-hydrogen) atoms. The van der Waals surface area contributed by atoms with Gasteiger partial charge in [-0.3, -0.25) is 37.6 Å². The Balaban J connectivity index is 0.775. The molecule has 0 bridgehead atoms. The first-order valence-electron chi connectivity index (χ1n) is 37.8. The molecule has 5 rings (SSSR count). The van der Waals surface area contributed by atoms with Crippen LogP contribution in [0.2, 0.25) is 0 Å².